The van der Waals surface area contributed by atoms with Crippen molar-refractivity contribution in [2.45, 2.75) is 13.8 Å². The smallest absolute Gasteiger partial charge is 0.262 e. The number of amides is 1. The number of hydrogen-bond acceptors (Lipinski definition) is 7. The van der Waals surface area contributed by atoms with E-state index in [9.17, 15) is 9.59 Å². The van der Waals surface area contributed by atoms with Gasteiger partial charge in [-0.05, 0) is 61.4 Å². The highest BCUT2D eigenvalue weighted by Gasteiger charge is 2.13. The van der Waals surface area contributed by atoms with Crippen molar-refractivity contribution in [2.75, 3.05) is 26.1 Å². The minimum Gasteiger partial charge on any atom is -0.497 e. The normalized spacial score (nSPS) is 10.6. The number of fused-ring (bicyclic) bond motifs is 1. The van der Waals surface area contributed by atoms with E-state index in [1.54, 1.807) is 36.4 Å². The minimum atomic E-state index is -0.393. The van der Waals surface area contributed by atoms with Crippen molar-refractivity contribution in [3.63, 3.8) is 0 Å². The summed E-state index contributed by atoms with van der Waals surface area (Å²) < 4.78 is 27.4. The van der Waals surface area contributed by atoms with Crippen LogP contribution in [-0.2, 0) is 4.79 Å². The van der Waals surface area contributed by atoms with Gasteiger partial charge in [-0.2, -0.15) is 0 Å². The zero-order chi connectivity index (χ0) is 24.9. The van der Waals surface area contributed by atoms with Crippen LogP contribution in [0.2, 0.25) is 0 Å². The van der Waals surface area contributed by atoms with E-state index in [0.717, 1.165) is 11.1 Å². The van der Waals surface area contributed by atoms with Crippen LogP contribution in [0.1, 0.15) is 11.1 Å². The van der Waals surface area contributed by atoms with E-state index in [4.69, 9.17) is 23.4 Å². The second-order valence-electron chi connectivity index (χ2n) is 7.92. The summed E-state index contributed by atoms with van der Waals surface area (Å²) in [7, 11) is 3.04. The summed E-state index contributed by atoms with van der Waals surface area (Å²) in [4.78, 5) is 25.3. The highest BCUT2D eigenvalue weighted by molar-refractivity contribution is 5.93. The first kappa shape index (κ1) is 23.7. The van der Waals surface area contributed by atoms with Gasteiger partial charge in [0.25, 0.3) is 5.91 Å². The molecule has 0 aliphatic heterocycles. The van der Waals surface area contributed by atoms with Gasteiger partial charge in [0.15, 0.2) is 6.61 Å². The van der Waals surface area contributed by atoms with Crippen LogP contribution in [0, 0.1) is 13.8 Å². The zero-order valence-electron chi connectivity index (χ0n) is 19.8. The van der Waals surface area contributed by atoms with Crippen molar-refractivity contribution < 1.29 is 28.2 Å². The molecule has 0 unspecified atom stereocenters. The number of aryl methyl sites for hydroxylation is 2. The Bertz CT molecular complexity index is 1420. The van der Waals surface area contributed by atoms with E-state index < -0.39 is 5.91 Å². The van der Waals surface area contributed by atoms with Gasteiger partial charge in [0, 0.05) is 12.1 Å². The molecule has 8 heteroatoms. The highest BCUT2D eigenvalue weighted by Crippen LogP contribution is 2.29. The van der Waals surface area contributed by atoms with Gasteiger partial charge in [0.2, 0.25) is 11.2 Å². The van der Waals surface area contributed by atoms with Crippen LogP contribution >= 0.6 is 0 Å². The maximum Gasteiger partial charge on any atom is 0.262 e. The van der Waals surface area contributed by atoms with Crippen LogP contribution in [0.5, 0.6) is 28.7 Å². The average molecular weight is 475 g/mol. The highest BCUT2D eigenvalue weighted by atomic mass is 16.5. The van der Waals surface area contributed by atoms with Crippen molar-refractivity contribution in [1.82, 2.24) is 0 Å². The second kappa shape index (κ2) is 10.2. The summed E-state index contributed by atoms with van der Waals surface area (Å²) >= 11 is 0. The van der Waals surface area contributed by atoms with Crippen LogP contribution < -0.4 is 29.7 Å². The molecule has 0 spiro atoms. The lowest BCUT2D eigenvalue weighted by atomic mass is 10.1. The number of nitrogens with one attached hydrogen (secondary N) is 1. The van der Waals surface area contributed by atoms with Gasteiger partial charge in [-0.15, -0.1) is 0 Å². The first-order chi connectivity index (χ1) is 16.9. The standard InChI is InChI=1S/C27H25NO7/c1-16-9-17(2)11-20(10-16)35-25-14-34-24-13-19(5-7-21(24)27(25)30)33-15-26(29)28-22-12-18(31-3)6-8-23(22)32-4/h5-14H,15H2,1-4H3,(H,28,29). The molecule has 3 aromatic carbocycles. The predicted octanol–water partition coefficient (Wildman–Crippen LogP) is 5.24. The number of carbonyl (C=O) groups excluding carboxylic acids is 1. The Labute approximate surface area is 202 Å². The summed E-state index contributed by atoms with van der Waals surface area (Å²) in [6, 6.07) is 15.5. The van der Waals surface area contributed by atoms with Gasteiger partial charge in [-0.3, -0.25) is 9.59 Å². The van der Waals surface area contributed by atoms with Crippen molar-refractivity contribution in [1.29, 1.82) is 0 Å². The third-order valence-electron chi connectivity index (χ3n) is 5.19. The van der Waals surface area contributed by atoms with Gasteiger partial charge in [0.05, 0.1) is 25.3 Å². The fourth-order valence-electron chi connectivity index (χ4n) is 3.62. The van der Waals surface area contributed by atoms with Crippen molar-refractivity contribution >= 4 is 22.6 Å². The summed E-state index contributed by atoms with van der Waals surface area (Å²) in [5.41, 5.74) is 2.53. The molecule has 180 valence electrons. The van der Waals surface area contributed by atoms with Gasteiger partial charge in [-0.25, -0.2) is 0 Å². The number of anilines is 1. The molecule has 0 saturated heterocycles. The molecule has 0 saturated carbocycles. The van der Waals surface area contributed by atoms with E-state index in [-0.39, 0.29) is 17.8 Å². The molecule has 1 N–H and O–H groups in total. The minimum absolute atomic E-state index is 0.0859. The number of hydrogen-bond donors (Lipinski definition) is 1. The van der Waals surface area contributed by atoms with E-state index in [1.165, 1.54) is 20.5 Å². The fourth-order valence-corrected chi connectivity index (χ4v) is 3.62. The number of rotatable bonds is 8. The molecule has 0 bridgehead atoms. The van der Waals surface area contributed by atoms with Crippen molar-refractivity contribution in [3.05, 3.63) is 82.2 Å². The third-order valence-corrected chi connectivity index (χ3v) is 5.19. The Morgan fingerprint density at radius 2 is 1.60 bits per heavy atom. The Morgan fingerprint density at radius 1 is 0.857 bits per heavy atom. The molecule has 1 aromatic heterocycles. The molecule has 0 aliphatic carbocycles. The molecule has 1 amide bonds. The van der Waals surface area contributed by atoms with Crippen molar-refractivity contribution in [2.24, 2.45) is 0 Å². The number of ether oxygens (including phenoxy) is 4. The molecule has 0 atom stereocenters. The summed E-state index contributed by atoms with van der Waals surface area (Å²) in [5.74, 6) is 1.69. The van der Waals surface area contributed by atoms with E-state index in [1.807, 2.05) is 32.0 Å². The SMILES string of the molecule is COc1ccc(OC)c(NC(=O)COc2ccc3c(=O)c(Oc4cc(C)cc(C)c4)coc3c2)c1. The monoisotopic (exact) mass is 475 g/mol. The summed E-state index contributed by atoms with van der Waals surface area (Å²) in [6.45, 7) is 3.65. The lowest BCUT2D eigenvalue weighted by Gasteiger charge is -2.12. The Morgan fingerprint density at radius 3 is 2.31 bits per heavy atom. The number of carbonyl (C=O) groups is 1. The van der Waals surface area contributed by atoms with Gasteiger partial charge < -0.3 is 28.7 Å². The molecule has 0 fully saturated rings. The average Bonchev–Trinajstić information content (AvgIpc) is 2.84. The largest absolute Gasteiger partial charge is 0.497 e. The maximum atomic E-state index is 12.9. The number of benzene rings is 3. The quantitative estimate of drug-likeness (QED) is 0.372. The molecular weight excluding hydrogens is 450 g/mol. The van der Waals surface area contributed by atoms with E-state index in [0.29, 0.717) is 39.7 Å². The van der Waals surface area contributed by atoms with E-state index >= 15 is 0 Å². The molecule has 0 radical (unpaired) electrons. The Kier molecular flexibility index (Phi) is 6.91. The van der Waals surface area contributed by atoms with Crippen molar-refractivity contribution in [3.8, 4) is 28.7 Å². The predicted molar refractivity (Wildman–Crippen MR) is 132 cm³/mol. The number of methoxy groups -OCH3 is 2. The van der Waals surface area contributed by atoms with Crippen LogP contribution in [0.15, 0.2) is 70.1 Å². The lowest BCUT2D eigenvalue weighted by Crippen LogP contribution is -2.20. The maximum absolute atomic E-state index is 12.9. The molecular formula is C27H25NO7. The topological polar surface area (TPSA) is 96.2 Å². The summed E-state index contributed by atoms with van der Waals surface area (Å²) in [5, 5.41) is 3.07. The van der Waals surface area contributed by atoms with Crippen LogP contribution in [0.4, 0.5) is 5.69 Å². The van der Waals surface area contributed by atoms with Gasteiger partial charge >= 0.3 is 0 Å². The molecule has 35 heavy (non-hydrogen) atoms. The molecule has 1 heterocycles. The lowest BCUT2D eigenvalue weighted by molar-refractivity contribution is -0.118. The molecule has 4 aromatic rings. The first-order valence-corrected chi connectivity index (χ1v) is 10.8. The Balaban J connectivity index is 1.46. The summed E-state index contributed by atoms with van der Waals surface area (Å²) in [6.07, 6.45) is 1.27. The first-order valence-electron chi connectivity index (χ1n) is 10.8. The second-order valence-corrected chi connectivity index (χ2v) is 7.92. The van der Waals surface area contributed by atoms with E-state index in [2.05, 4.69) is 5.32 Å². The zero-order valence-corrected chi connectivity index (χ0v) is 19.8. The Hall–Kier alpha value is -4.46. The van der Waals surface area contributed by atoms with Crippen LogP contribution in [0.25, 0.3) is 11.0 Å². The van der Waals surface area contributed by atoms with Crippen LogP contribution in [0.3, 0.4) is 0 Å². The third kappa shape index (κ3) is 5.55. The fraction of sp³-hybridized carbons (Fsp3) is 0.185. The van der Waals surface area contributed by atoms with Gasteiger partial charge in [-0.1, -0.05) is 6.07 Å². The molecule has 0 aliphatic rings. The molecule has 4 rings (SSSR count). The van der Waals surface area contributed by atoms with Crippen LogP contribution in [-0.4, -0.2) is 26.7 Å². The molecule has 8 nitrogen and oxygen atoms in total. The van der Waals surface area contributed by atoms with Gasteiger partial charge in [0.1, 0.15) is 34.8 Å².